The number of hydrogen-bond acceptors (Lipinski definition) is 7. The minimum Gasteiger partial charge on any atom is -0.493 e. The lowest BCUT2D eigenvalue weighted by molar-refractivity contribution is 0.0905. The molecule has 2 N–H and O–H groups in total. The lowest BCUT2D eigenvalue weighted by atomic mass is 10.1. The van der Waals surface area contributed by atoms with Gasteiger partial charge in [-0.1, -0.05) is 6.07 Å². The van der Waals surface area contributed by atoms with Crippen molar-refractivity contribution >= 4 is 6.09 Å². The van der Waals surface area contributed by atoms with E-state index in [-0.39, 0.29) is 0 Å². The van der Waals surface area contributed by atoms with Crippen LogP contribution in [0.2, 0.25) is 0 Å². The predicted molar refractivity (Wildman–Crippen MR) is 109 cm³/mol. The Hall–Kier alpha value is -3.13. The highest BCUT2D eigenvalue weighted by Gasteiger charge is 2.13. The average Bonchev–Trinajstić information content (AvgIpc) is 2.76. The maximum atomic E-state index is 11.8. The van der Waals surface area contributed by atoms with Crippen molar-refractivity contribution in [3.05, 3.63) is 47.5 Å². The number of hydrogen-bond donors (Lipinski definition) is 2. The van der Waals surface area contributed by atoms with Gasteiger partial charge in [0.1, 0.15) is 0 Å². The molecule has 0 unspecified atom stereocenters. The van der Waals surface area contributed by atoms with Crippen LogP contribution in [0.1, 0.15) is 11.1 Å². The summed E-state index contributed by atoms with van der Waals surface area (Å²) in [5.41, 5.74) is 4.71. The maximum absolute atomic E-state index is 11.8. The van der Waals surface area contributed by atoms with Crippen molar-refractivity contribution in [3.63, 3.8) is 0 Å². The fourth-order valence-electron chi connectivity index (χ4n) is 2.73. The molecule has 0 heterocycles. The molecule has 29 heavy (non-hydrogen) atoms. The number of ether oxygens (including phenoxy) is 4. The van der Waals surface area contributed by atoms with Gasteiger partial charge in [-0.15, -0.1) is 0 Å². The summed E-state index contributed by atoms with van der Waals surface area (Å²) in [4.78, 5) is 16.8. The molecule has 0 saturated carbocycles. The van der Waals surface area contributed by atoms with Gasteiger partial charge in [-0.05, 0) is 48.2 Å². The largest absolute Gasteiger partial charge is 0.493 e. The van der Waals surface area contributed by atoms with Gasteiger partial charge in [-0.2, -0.15) is 5.48 Å². The van der Waals surface area contributed by atoms with Gasteiger partial charge in [0.15, 0.2) is 11.5 Å². The molecule has 2 rings (SSSR count). The quantitative estimate of drug-likeness (QED) is 0.338. The second-order valence-corrected chi connectivity index (χ2v) is 6.09. The summed E-state index contributed by atoms with van der Waals surface area (Å²) in [6.45, 7) is 0.907. The Morgan fingerprint density at radius 3 is 2.14 bits per heavy atom. The predicted octanol–water partition coefficient (Wildman–Crippen LogP) is 2.74. The molecule has 0 aliphatic rings. The highest BCUT2D eigenvalue weighted by Crippen LogP contribution is 2.28. The van der Waals surface area contributed by atoms with E-state index in [1.807, 2.05) is 36.4 Å². The summed E-state index contributed by atoms with van der Waals surface area (Å²) < 4.78 is 21.0. The van der Waals surface area contributed by atoms with Crippen molar-refractivity contribution in [2.45, 2.75) is 12.8 Å². The Labute approximate surface area is 171 Å². The number of carbonyl (C=O) groups excluding carboxylic acids is 1. The molecule has 0 atom stereocenters. The second kappa shape index (κ2) is 11.7. The van der Waals surface area contributed by atoms with Crippen LogP contribution in [-0.2, 0) is 17.7 Å². The Balaban J connectivity index is 1.67. The van der Waals surface area contributed by atoms with Gasteiger partial charge in [0.05, 0.1) is 21.3 Å². The maximum Gasteiger partial charge on any atom is 0.426 e. The normalized spacial score (nSPS) is 10.2. The third-order valence-electron chi connectivity index (χ3n) is 4.26. The van der Waals surface area contributed by atoms with E-state index >= 15 is 0 Å². The Bertz CT molecular complexity index is 797. The first kappa shape index (κ1) is 22.2. The molecule has 0 fully saturated rings. The highest BCUT2D eigenvalue weighted by atomic mass is 16.7. The summed E-state index contributed by atoms with van der Waals surface area (Å²) in [5.74, 6) is 2.67. The molecule has 8 nitrogen and oxygen atoms in total. The van der Waals surface area contributed by atoms with Crippen molar-refractivity contribution in [1.82, 2.24) is 10.8 Å². The molecule has 8 heteroatoms. The van der Waals surface area contributed by atoms with Gasteiger partial charge in [0.25, 0.3) is 7.11 Å². The summed E-state index contributed by atoms with van der Waals surface area (Å²) >= 11 is 0. The fourth-order valence-corrected chi connectivity index (χ4v) is 2.73. The van der Waals surface area contributed by atoms with Gasteiger partial charge >= 0.3 is 11.8 Å². The molecule has 0 bridgehead atoms. The molecule has 2 aromatic carbocycles. The first-order chi connectivity index (χ1) is 14.1. The van der Waals surface area contributed by atoms with Gasteiger partial charge in [0.2, 0.25) is 5.75 Å². The van der Waals surface area contributed by atoms with Crippen LogP contribution in [0.5, 0.6) is 23.0 Å². The number of carbonyl (C=O) groups is 1. The Morgan fingerprint density at radius 2 is 1.48 bits per heavy atom. The molecule has 0 aliphatic heterocycles. The lowest BCUT2D eigenvalue weighted by Crippen LogP contribution is -2.32. The molecule has 0 saturated heterocycles. The standard InChI is InChI=1S/C21H28N2O6/c1-25-17-7-5-15(13-19(17)27-3)9-11-22-21(24)29-23-12-10-16-6-8-18(26-2)20(14-16)28-4/h5-8,13-14,23H,9-12H2,1-4H3,(H,22,24)/q+1. The van der Waals surface area contributed by atoms with Crippen LogP contribution in [0.4, 0.5) is 4.79 Å². The lowest BCUT2D eigenvalue weighted by Gasteiger charge is -2.10. The van der Waals surface area contributed by atoms with Crippen molar-refractivity contribution in [3.8, 4) is 23.0 Å². The number of methoxy groups -OCH3 is 4. The first-order valence-electron chi connectivity index (χ1n) is 9.20. The highest BCUT2D eigenvalue weighted by molar-refractivity contribution is 5.66. The van der Waals surface area contributed by atoms with Crippen molar-refractivity contribution in [1.29, 1.82) is 0 Å². The summed E-state index contributed by atoms with van der Waals surface area (Å²) in [7, 11) is 6.37. The van der Waals surface area contributed by atoms with Crippen molar-refractivity contribution in [2.75, 3.05) is 41.5 Å². The molecular weight excluding hydrogens is 376 g/mol. The molecule has 0 aliphatic carbocycles. The summed E-state index contributed by atoms with van der Waals surface area (Å²) in [5, 5.41) is 2.70. The SMILES string of the molecule is COc1ccc(CCNOC(=O)NCCc2ccc([O+]C)c(OC)c2)cc1OC. The summed E-state index contributed by atoms with van der Waals surface area (Å²) in [6.07, 6.45) is 0.776. The van der Waals surface area contributed by atoms with E-state index in [0.29, 0.717) is 48.9 Å². The molecule has 1 amide bonds. The van der Waals surface area contributed by atoms with E-state index in [2.05, 4.69) is 10.8 Å². The van der Waals surface area contributed by atoms with Crippen LogP contribution >= 0.6 is 0 Å². The van der Waals surface area contributed by atoms with Crippen LogP contribution in [-0.4, -0.2) is 47.6 Å². The smallest absolute Gasteiger partial charge is 0.426 e. The number of rotatable bonds is 11. The molecule has 157 valence electrons. The van der Waals surface area contributed by atoms with Crippen LogP contribution in [0.3, 0.4) is 0 Å². The Morgan fingerprint density at radius 1 is 0.862 bits per heavy atom. The zero-order chi connectivity index (χ0) is 21.1. The molecular formula is C21H28N2O6+. The molecule has 0 aromatic heterocycles. The van der Waals surface area contributed by atoms with Gasteiger partial charge in [0, 0.05) is 19.2 Å². The van der Waals surface area contributed by atoms with Gasteiger partial charge in [-0.25, -0.2) is 4.79 Å². The van der Waals surface area contributed by atoms with E-state index in [1.165, 1.54) is 0 Å². The molecule has 2 aromatic rings. The van der Waals surface area contributed by atoms with Gasteiger partial charge in [-0.3, -0.25) is 4.74 Å². The number of nitrogens with one attached hydrogen (secondary N) is 2. The second-order valence-electron chi connectivity index (χ2n) is 6.09. The van der Waals surface area contributed by atoms with Crippen LogP contribution < -0.4 is 29.7 Å². The summed E-state index contributed by atoms with van der Waals surface area (Å²) in [6, 6.07) is 11.3. The van der Waals surface area contributed by atoms with E-state index in [1.54, 1.807) is 28.4 Å². The molecule has 1 radical (unpaired) electrons. The van der Waals surface area contributed by atoms with Crippen molar-refractivity contribution < 1.29 is 28.6 Å². The zero-order valence-corrected chi connectivity index (χ0v) is 17.2. The van der Waals surface area contributed by atoms with Gasteiger partial charge < -0.3 is 24.4 Å². The van der Waals surface area contributed by atoms with E-state index in [4.69, 9.17) is 23.8 Å². The minimum atomic E-state index is -0.530. The van der Waals surface area contributed by atoms with Crippen LogP contribution in [0.25, 0.3) is 0 Å². The van der Waals surface area contributed by atoms with Crippen LogP contribution in [0, 0.1) is 0 Å². The van der Waals surface area contributed by atoms with E-state index < -0.39 is 6.09 Å². The third kappa shape index (κ3) is 6.76. The van der Waals surface area contributed by atoms with E-state index in [0.717, 1.165) is 11.1 Å². The number of amides is 1. The monoisotopic (exact) mass is 404 g/mol. The molecule has 0 spiro atoms. The third-order valence-corrected chi connectivity index (χ3v) is 4.26. The zero-order valence-electron chi connectivity index (χ0n) is 17.2. The Kier molecular flexibility index (Phi) is 8.91. The topological polar surface area (TPSA) is 89.4 Å². The van der Waals surface area contributed by atoms with E-state index in [9.17, 15) is 4.79 Å². The first-order valence-corrected chi connectivity index (χ1v) is 9.20. The fraction of sp³-hybridized carbons (Fsp3) is 0.381. The van der Waals surface area contributed by atoms with Crippen LogP contribution in [0.15, 0.2) is 36.4 Å². The van der Waals surface area contributed by atoms with Crippen molar-refractivity contribution in [2.24, 2.45) is 0 Å². The number of benzene rings is 2. The number of hydroxylamine groups is 1. The average molecular weight is 404 g/mol. The minimum absolute atomic E-state index is 0.436.